The Labute approximate surface area is 328 Å². The average molecular weight is 729 g/mol. The van der Waals surface area contributed by atoms with Crippen LogP contribution in [-0.4, -0.2) is 29.9 Å². The highest BCUT2D eigenvalue weighted by Crippen LogP contribution is 2.38. The fourth-order valence-electron chi connectivity index (χ4n) is 7.84. The summed E-state index contributed by atoms with van der Waals surface area (Å²) in [6.45, 7) is 0. The number of H-pyrrole nitrogens is 1. The van der Waals surface area contributed by atoms with Crippen molar-refractivity contribution in [3.05, 3.63) is 188 Å². The van der Waals surface area contributed by atoms with Gasteiger partial charge in [-0.05, 0) is 47.5 Å². The third kappa shape index (κ3) is 5.79. The summed E-state index contributed by atoms with van der Waals surface area (Å²) in [5, 5.41) is 4.22. The van der Waals surface area contributed by atoms with E-state index in [4.69, 9.17) is 24.9 Å². The Hall–Kier alpha value is -7.83. The number of fused-ring (bicyclic) bond motifs is 6. The molecule has 0 fully saturated rings. The fourth-order valence-corrected chi connectivity index (χ4v) is 7.84. The van der Waals surface area contributed by atoms with Gasteiger partial charge in [0, 0.05) is 43.8 Å². The Kier molecular flexibility index (Phi) is 7.71. The van der Waals surface area contributed by atoms with Crippen LogP contribution in [0, 0.1) is 0 Å². The summed E-state index contributed by atoms with van der Waals surface area (Å²) in [5.74, 6) is 1.43. The van der Waals surface area contributed by atoms with Gasteiger partial charge < -0.3 is 4.98 Å². The average Bonchev–Trinajstić information content (AvgIpc) is 3.74. The molecule has 266 valence electrons. The molecule has 0 saturated heterocycles. The molecule has 11 aromatic rings. The number of nitrogens with one attached hydrogen (secondary N) is 1. The molecule has 0 saturated carbocycles. The Bertz CT molecular complexity index is 3270. The Morgan fingerprint density at radius 3 is 1.61 bits per heavy atom. The second-order valence-electron chi connectivity index (χ2n) is 14.2. The lowest BCUT2D eigenvalue weighted by Gasteiger charge is -2.12. The maximum Gasteiger partial charge on any atom is 0.179 e. The van der Waals surface area contributed by atoms with Crippen LogP contribution in [0.15, 0.2) is 188 Å². The van der Waals surface area contributed by atoms with Gasteiger partial charge in [-0.2, -0.15) is 0 Å². The second kappa shape index (κ2) is 13.5. The Balaban J connectivity index is 0.966. The number of rotatable bonds is 6. The molecule has 57 heavy (non-hydrogen) atoms. The van der Waals surface area contributed by atoms with Crippen LogP contribution in [0.25, 0.3) is 111 Å². The molecule has 0 atom stereocenters. The van der Waals surface area contributed by atoms with Gasteiger partial charge in [-0.3, -0.25) is 0 Å². The van der Waals surface area contributed by atoms with Crippen LogP contribution < -0.4 is 0 Å². The van der Waals surface area contributed by atoms with Crippen molar-refractivity contribution in [3.63, 3.8) is 0 Å². The van der Waals surface area contributed by atoms with Gasteiger partial charge in [0.1, 0.15) is 11.5 Å². The molecule has 0 unspecified atom stereocenters. The maximum absolute atomic E-state index is 5.21. The number of aromatic nitrogens is 6. The monoisotopic (exact) mass is 728 g/mol. The van der Waals surface area contributed by atoms with Gasteiger partial charge in [0.2, 0.25) is 0 Å². The lowest BCUT2D eigenvalue weighted by atomic mass is 9.98. The minimum atomic E-state index is 0.584. The molecule has 4 aromatic heterocycles. The minimum Gasteiger partial charge on any atom is -0.338 e. The van der Waals surface area contributed by atoms with Gasteiger partial charge in [0.15, 0.2) is 5.82 Å². The van der Waals surface area contributed by atoms with E-state index in [1.165, 1.54) is 5.56 Å². The normalized spacial score (nSPS) is 11.5. The van der Waals surface area contributed by atoms with Crippen molar-refractivity contribution in [1.29, 1.82) is 0 Å². The van der Waals surface area contributed by atoms with E-state index >= 15 is 0 Å². The number of aromatic amines is 1. The summed E-state index contributed by atoms with van der Waals surface area (Å²) in [4.78, 5) is 29.1. The van der Waals surface area contributed by atoms with E-state index in [2.05, 4.69) is 126 Å². The van der Waals surface area contributed by atoms with E-state index in [0.717, 1.165) is 94.3 Å². The molecule has 0 amide bonds. The van der Waals surface area contributed by atoms with Gasteiger partial charge in [0.25, 0.3) is 0 Å². The van der Waals surface area contributed by atoms with Crippen LogP contribution in [0.1, 0.15) is 0 Å². The fraction of sp³-hybridized carbons (Fsp3) is 0. The van der Waals surface area contributed by atoms with Crippen LogP contribution >= 0.6 is 0 Å². The predicted octanol–water partition coefficient (Wildman–Crippen LogP) is 12.6. The molecule has 7 aromatic carbocycles. The summed E-state index contributed by atoms with van der Waals surface area (Å²) >= 11 is 0. The molecule has 6 nitrogen and oxygen atoms in total. The number of pyridine rings is 2. The molecule has 0 aliphatic rings. The Morgan fingerprint density at radius 1 is 0.316 bits per heavy atom. The van der Waals surface area contributed by atoms with Crippen molar-refractivity contribution in [1.82, 2.24) is 29.9 Å². The summed E-state index contributed by atoms with van der Waals surface area (Å²) in [5.41, 5.74) is 13.5. The first-order valence-corrected chi connectivity index (χ1v) is 19.0. The zero-order valence-corrected chi connectivity index (χ0v) is 30.6. The van der Waals surface area contributed by atoms with E-state index < -0.39 is 0 Å². The predicted molar refractivity (Wildman–Crippen MR) is 232 cm³/mol. The van der Waals surface area contributed by atoms with E-state index in [1.807, 2.05) is 66.7 Å². The molecule has 0 aliphatic carbocycles. The van der Waals surface area contributed by atoms with Crippen LogP contribution in [0.2, 0.25) is 0 Å². The summed E-state index contributed by atoms with van der Waals surface area (Å²) < 4.78 is 0. The largest absolute Gasteiger partial charge is 0.338 e. The molecule has 11 rings (SSSR count). The van der Waals surface area contributed by atoms with Gasteiger partial charge in [-0.1, -0.05) is 152 Å². The molecular formula is C51H32N6. The van der Waals surface area contributed by atoms with Gasteiger partial charge in [-0.25, -0.2) is 24.9 Å². The lowest BCUT2D eigenvalue weighted by molar-refractivity contribution is 1.18. The van der Waals surface area contributed by atoms with Crippen molar-refractivity contribution >= 4 is 43.6 Å². The van der Waals surface area contributed by atoms with Crippen molar-refractivity contribution in [2.45, 2.75) is 0 Å². The van der Waals surface area contributed by atoms with Crippen LogP contribution in [0.3, 0.4) is 0 Å². The smallest absolute Gasteiger partial charge is 0.179 e. The van der Waals surface area contributed by atoms with E-state index in [9.17, 15) is 0 Å². The first-order valence-electron chi connectivity index (χ1n) is 19.0. The van der Waals surface area contributed by atoms with Crippen molar-refractivity contribution in [2.24, 2.45) is 0 Å². The minimum absolute atomic E-state index is 0.584. The lowest BCUT2D eigenvalue weighted by Crippen LogP contribution is -1.97. The highest BCUT2D eigenvalue weighted by atomic mass is 14.9. The summed E-state index contributed by atoms with van der Waals surface area (Å²) in [6.07, 6.45) is 0. The second-order valence-corrected chi connectivity index (χ2v) is 14.2. The van der Waals surface area contributed by atoms with E-state index in [1.54, 1.807) is 0 Å². The van der Waals surface area contributed by atoms with Crippen molar-refractivity contribution in [2.75, 3.05) is 0 Å². The van der Waals surface area contributed by atoms with Crippen LogP contribution in [-0.2, 0) is 0 Å². The third-order valence-electron chi connectivity index (χ3n) is 10.7. The number of imidazole rings is 1. The van der Waals surface area contributed by atoms with Gasteiger partial charge >= 0.3 is 0 Å². The van der Waals surface area contributed by atoms with E-state index in [0.29, 0.717) is 11.5 Å². The first-order chi connectivity index (χ1) is 28.2. The molecular weight excluding hydrogens is 697 g/mol. The zero-order valence-electron chi connectivity index (χ0n) is 30.6. The molecule has 0 radical (unpaired) electrons. The SMILES string of the molecule is c1ccc(-c2ccc(-c3nc(-c4cccc(-c5ccc(-c6nc7ccccc7c7c6ccc6[nH]c(-c8ccccc8)nc67)cc5)n4)nc4ccccc34)cc2)cc1. The molecule has 0 spiro atoms. The topological polar surface area (TPSA) is 80.2 Å². The number of benzene rings is 7. The first kappa shape index (κ1) is 32.6. The molecule has 6 heteroatoms. The molecule has 0 aliphatic heterocycles. The number of nitrogens with zero attached hydrogens (tertiary/aromatic N) is 5. The van der Waals surface area contributed by atoms with E-state index in [-0.39, 0.29) is 0 Å². The van der Waals surface area contributed by atoms with Gasteiger partial charge in [0.05, 0.1) is 39.1 Å². The van der Waals surface area contributed by atoms with Crippen molar-refractivity contribution < 1.29 is 0 Å². The quantitative estimate of drug-likeness (QED) is 0.172. The maximum atomic E-state index is 5.21. The van der Waals surface area contributed by atoms with Crippen LogP contribution in [0.5, 0.6) is 0 Å². The van der Waals surface area contributed by atoms with Crippen LogP contribution in [0.4, 0.5) is 0 Å². The highest BCUT2D eigenvalue weighted by Gasteiger charge is 2.17. The highest BCUT2D eigenvalue weighted by molar-refractivity contribution is 6.21. The standard InChI is InChI=1S/C51H32N6/c1-3-12-32(13-4-1)33-22-26-35(27-23-33)47-39-17-8-10-19-43(39)54-51(56-47)45-21-11-20-41(52-45)34-24-28-36(29-25-34)48-40-30-31-44-49(46(40)38-16-7-9-18-42(38)53-48)57-50(55-44)37-14-5-2-6-15-37/h1-31H,(H,55,57). The number of hydrogen-bond acceptors (Lipinski definition) is 5. The number of para-hydroxylation sites is 2. The summed E-state index contributed by atoms with van der Waals surface area (Å²) in [6, 6.07) is 64.5. The Morgan fingerprint density at radius 2 is 0.877 bits per heavy atom. The molecule has 0 bridgehead atoms. The zero-order chi connectivity index (χ0) is 37.7. The van der Waals surface area contributed by atoms with Gasteiger partial charge in [-0.15, -0.1) is 0 Å². The third-order valence-corrected chi connectivity index (χ3v) is 10.7. The number of hydrogen-bond donors (Lipinski definition) is 1. The molecule has 1 N–H and O–H groups in total. The van der Waals surface area contributed by atoms with Crippen molar-refractivity contribution in [3.8, 4) is 67.8 Å². The summed E-state index contributed by atoms with van der Waals surface area (Å²) in [7, 11) is 0. The molecule has 4 heterocycles.